The zero-order valence-corrected chi connectivity index (χ0v) is 18.6. The molecule has 0 unspecified atom stereocenters. The number of aryl methyl sites for hydroxylation is 2. The summed E-state index contributed by atoms with van der Waals surface area (Å²) in [5.74, 6) is 0. The average Bonchev–Trinajstić information content (AvgIpc) is 3.20. The lowest BCUT2D eigenvalue weighted by molar-refractivity contribution is 0.247. The molecule has 156 valence electrons. The van der Waals surface area contributed by atoms with Crippen molar-refractivity contribution >= 4 is 27.3 Å². The standard InChI is InChI=1S/C23H24ClN3O2S/c1-16-12-17(2)14-19(13-16)30(28,29)26-10-7-23(8-11-26)22-4-3-9-27(22)21-15-18(24)5-6-20(21)25-23/h3-6,9,12-15,25H,7-8,10-11H2,1-2H3. The van der Waals surface area contributed by atoms with E-state index in [9.17, 15) is 8.42 Å². The monoisotopic (exact) mass is 441 g/mol. The van der Waals surface area contributed by atoms with Crippen molar-refractivity contribution in [2.75, 3.05) is 18.4 Å². The molecule has 1 N–H and O–H groups in total. The summed E-state index contributed by atoms with van der Waals surface area (Å²) in [6.07, 6.45) is 3.44. The molecule has 3 heterocycles. The van der Waals surface area contributed by atoms with Crippen LogP contribution in [0.25, 0.3) is 5.69 Å². The average molecular weight is 442 g/mol. The second-order valence-electron chi connectivity index (χ2n) is 8.36. The van der Waals surface area contributed by atoms with E-state index in [2.05, 4.69) is 16.0 Å². The maximum Gasteiger partial charge on any atom is 0.243 e. The van der Waals surface area contributed by atoms with Crippen molar-refractivity contribution < 1.29 is 8.42 Å². The molecule has 2 aromatic carbocycles. The molecule has 1 fully saturated rings. The minimum Gasteiger partial charge on any atom is -0.372 e. The second kappa shape index (κ2) is 6.87. The number of hydrogen-bond donors (Lipinski definition) is 1. The third-order valence-electron chi connectivity index (χ3n) is 6.24. The van der Waals surface area contributed by atoms with Gasteiger partial charge in [-0.2, -0.15) is 4.31 Å². The maximum absolute atomic E-state index is 13.3. The Morgan fingerprint density at radius 3 is 2.40 bits per heavy atom. The van der Waals surface area contributed by atoms with E-state index in [1.165, 1.54) is 0 Å². The third-order valence-corrected chi connectivity index (χ3v) is 8.35. The molecule has 7 heteroatoms. The fourth-order valence-electron chi connectivity index (χ4n) is 4.83. The molecule has 3 aromatic rings. The van der Waals surface area contributed by atoms with Gasteiger partial charge in [-0.3, -0.25) is 0 Å². The summed E-state index contributed by atoms with van der Waals surface area (Å²) in [5, 5.41) is 4.41. The molecule has 1 spiro atoms. The second-order valence-corrected chi connectivity index (χ2v) is 10.7. The fraction of sp³-hybridized carbons (Fsp3) is 0.304. The Labute approximate surface area is 182 Å². The minimum atomic E-state index is -3.51. The van der Waals surface area contributed by atoms with Gasteiger partial charge in [-0.1, -0.05) is 17.7 Å². The lowest BCUT2D eigenvalue weighted by Gasteiger charge is -2.46. The van der Waals surface area contributed by atoms with E-state index in [1.54, 1.807) is 16.4 Å². The lowest BCUT2D eigenvalue weighted by atomic mass is 9.83. The molecule has 0 bridgehead atoms. The number of piperidine rings is 1. The van der Waals surface area contributed by atoms with Crippen molar-refractivity contribution in [3.8, 4) is 5.69 Å². The smallest absolute Gasteiger partial charge is 0.243 e. The Bertz CT molecular complexity index is 1220. The molecule has 30 heavy (non-hydrogen) atoms. The molecule has 2 aliphatic heterocycles. The molecule has 0 atom stereocenters. The summed E-state index contributed by atoms with van der Waals surface area (Å²) in [6.45, 7) is 4.80. The third kappa shape index (κ3) is 3.06. The molecule has 2 aliphatic rings. The summed E-state index contributed by atoms with van der Waals surface area (Å²) in [6, 6.07) is 15.5. The van der Waals surface area contributed by atoms with Crippen LogP contribution in [-0.2, 0) is 15.6 Å². The Morgan fingerprint density at radius 2 is 1.70 bits per heavy atom. The quantitative estimate of drug-likeness (QED) is 0.618. The highest BCUT2D eigenvalue weighted by atomic mass is 35.5. The number of rotatable bonds is 2. The first-order chi connectivity index (χ1) is 14.3. The number of benzene rings is 2. The van der Waals surface area contributed by atoms with Crippen molar-refractivity contribution in [2.24, 2.45) is 0 Å². The van der Waals surface area contributed by atoms with E-state index < -0.39 is 10.0 Å². The van der Waals surface area contributed by atoms with Crippen LogP contribution in [0.15, 0.2) is 59.6 Å². The molecular weight excluding hydrogens is 418 g/mol. The minimum absolute atomic E-state index is 0.293. The van der Waals surface area contributed by atoms with Crippen molar-refractivity contribution in [1.29, 1.82) is 0 Å². The summed E-state index contributed by atoms with van der Waals surface area (Å²) in [7, 11) is -3.51. The van der Waals surface area contributed by atoms with Crippen LogP contribution in [0.2, 0.25) is 5.02 Å². The van der Waals surface area contributed by atoms with Gasteiger partial charge in [0.25, 0.3) is 0 Å². The van der Waals surface area contributed by atoms with Crippen LogP contribution in [0.3, 0.4) is 0 Å². The number of sulfonamides is 1. The van der Waals surface area contributed by atoms with Crippen LogP contribution in [-0.4, -0.2) is 30.4 Å². The summed E-state index contributed by atoms with van der Waals surface area (Å²) in [4.78, 5) is 0.385. The van der Waals surface area contributed by atoms with Gasteiger partial charge in [-0.05, 0) is 80.3 Å². The topological polar surface area (TPSA) is 54.3 Å². The first kappa shape index (κ1) is 19.7. The van der Waals surface area contributed by atoms with Crippen LogP contribution >= 0.6 is 11.6 Å². The summed E-state index contributed by atoms with van der Waals surface area (Å²) < 4.78 is 30.4. The predicted molar refractivity (Wildman–Crippen MR) is 120 cm³/mol. The van der Waals surface area contributed by atoms with Gasteiger partial charge in [0.2, 0.25) is 10.0 Å². The van der Waals surface area contributed by atoms with Crippen molar-refractivity contribution in [1.82, 2.24) is 8.87 Å². The van der Waals surface area contributed by atoms with Gasteiger partial charge in [0.1, 0.15) is 0 Å². The molecule has 0 aliphatic carbocycles. The van der Waals surface area contributed by atoms with Gasteiger partial charge < -0.3 is 9.88 Å². The normalized spacial score (nSPS) is 18.0. The van der Waals surface area contributed by atoms with Crippen LogP contribution in [0.5, 0.6) is 0 Å². The molecule has 1 aromatic heterocycles. The van der Waals surface area contributed by atoms with Crippen molar-refractivity contribution in [3.63, 3.8) is 0 Å². The molecule has 0 saturated carbocycles. The van der Waals surface area contributed by atoms with Crippen molar-refractivity contribution in [3.05, 3.63) is 76.6 Å². The van der Waals surface area contributed by atoms with E-state index in [1.807, 2.05) is 50.4 Å². The van der Waals surface area contributed by atoms with E-state index in [0.717, 1.165) is 28.2 Å². The molecule has 0 radical (unpaired) electrons. The Hall–Kier alpha value is -2.28. The highest BCUT2D eigenvalue weighted by Gasteiger charge is 2.43. The van der Waals surface area contributed by atoms with Crippen LogP contribution in [0, 0.1) is 13.8 Å². The molecule has 5 rings (SSSR count). The Balaban J connectivity index is 1.45. The van der Waals surface area contributed by atoms with Gasteiger partial charge in [0.05, 0.1) is 21.8 Å². The van der Waals surface area contributed by atoms with Crippen LogP contribution in [0.1, 0.15) is 29.7 Å². The van der Waals surface area contributed by atoms with Gasteiger partial charge in [0, 0.05) is 30.0 Å². The summed E-state index contributed by atoms with van der Waals surface area (Å²) in [5.41, 5.74) is 4.83. The number of hydrogen-bond acceptors (Lipinski definition) is 3. The largest absolute Gasteiger partial charge is 0.372 e. The summed E-state index contributed by atoms with van der Waals surface area (Å²) >= 11 is 6.22. The molecule has 0 amide bonds. The van der Waals surface area contributed by atoms with E-state index >= 15 is 0 Å². The van der Waals surface area contributed by atoms with E-state index in [-0.39, 0.29) is 5.54 Å². The van der Waals surface area contributed by atoms with Gasteiger partial charge >= 0.3 is 0 Å². The number of fused-ring (bicyclic) bond motifs is 4. The number of nitrogens with zero attached hydrogens (tertiary/aromatic N) is 2. The molecule has 1 saturated heterocycles. The van der Waals surface area contributed by atoms with E-state index in [4.69, 9.17) is 11.6 Å². The first-order valence-corrected chi connectivity index (χ1v) is 11.9. The maximum atomic E-state index is 13.3. The Morgan fingerprint density at radius 1 is 1.00 bits per heavy atom. The van der Waals surface area contributed by atoms with Gasteiger partial charge in [-0.25, -0.2) is 8.42 Å². The lowest BCUT2D eigenvalue weighted by Crippen LogP contribution is -2.51. The fourth-order valence-corrected chi connectivity index (χ4v) is 6.63. The molecular formula is C23H24ClN3O2S. The van der Waals surface area contributed by atoms with Crippen LogP contribution in [0.4, 0.5) is 5.69 Å². The zero-order chi connectivity index (χ0) is 21.1. The SMILES string of the molecule is Cc1cc(C)cc(S(=O)(=O)N2CCC3(CC2)Nc2ccc(Cl)cc2-n2cccc23)c1. The van der Waals surface area contributed by atoms with E-state index in [0.29, 0.717) is 35.8 Å². The highest BCUT2D eigenvalue weighted by Crippen LogP contribution is 2.44. The molecule has 5 nitrogen and oxygen atoms in total. The van der Waals surface area contributed by atoms with Gasteiger partial charge in [0.15, 0.2) is 0 Å². The number of anilines is 1. The first-order valence-electron chi connectivity index (χ1n) is 10.1. The predicted octanol–water partition coefficient (Wildman–Crippen LogP) is 4.85. The number of aromatic nitrogens is 1. The highest BCUT2D eigenvalue weighted by molar-refractivity contribution is 7.89. The number of nitrogens with one attached hydrogen (secondary N) is 1. The van der Waals surface area contributed by atoms with Crippen molar-refractivity contribution in [2.45, 2.75) is 37.1 Å². The van der Waals surface area contributed by atoms with Gasteiger partial charge in [-0.15, -0.1) is 0 Å². The van der Waals surface area contributed by atoms with Crippen LogP contribution < -0.4 is 5.32 Å². The number of halogens is 1. The zero-order valence-electron chi connectivity index (χ0n) is 17.0. The Kier molecular flexibility index (Phi) is 4.51.